The zero-order chi connectivity index (χ0) is 15.0. The van der Waals surface area contributed by atoms with Crippen molar-refractivity contribution in [2.75, 3.05) is 27.3 Å². The van der Waals surface area contributed by atoms with Crippen molar-refractivity contribution in [2.45, 2.75) is 26.2 Å². The van der Waals surface area contributed by atoms with E-state index in [9.17, 15) is 4.79 Å². The van der Waals surface area contributed by atoms with Crippen LogP contribution in [0.2, 0.25) is 0 Å². The molecular formula is C17H23NO3. The first-order chi connectivity index (χ1) is 10.1. The molecule has 0 amide bonds. The maximum absolute atomic E-state index is 13.0. The number of hydrogen-bond donors (Lipinski definition) is 1. The number of piperidine rings is 1. The maximum atomic E-state index is 13.0. The van der Waals surface area contributed by atoms with Crippen molar-refractivity contribution in [3.8, 4) is 11.5 Å². The van der Waals surface area contributed by atoms with Gasteiger partial charge in [0.25, 0.3) is 0 Å². The van der Waals surface area contributed by atoms with Gasteiger partial charge in [-0.15, -0.1) is 0 Å². The van der Waals surface area contributed by atoms with Crippen LogP contribution in [0, 0.1) is 11.3 Å². The van der Waals surface area contributed by atoms with Gasteiger partial charge >= 0.3 is 0 Å². The van der Waals surface area contributed by atoms with Gasteiger partial charge in [0.15, 0.2) is 17.3 Å². The Hall–Kier alpha value is -1.55. The second-order valence-electron chi connectivity index (χ2n) is 6.31. The highest BCUT2D eigenvalue weighted by Crippen LogP contribution is 2.47. The summed E-state index contributed by atoms with van der Waals surface area (Å²) >= 11 is 0. The molecule has 0 aromatic heterocycles. The van der Waals surface area contributed by atoms with Crippen molar-refractivity contribution in [3.05, 3.63) is 23.3 Å². The van der Waals surface area contributed by atoms with E-state index in [1.165, 1.54) is 0 Å². The number of carbonyl (C=O) groups is 1. The van der Waals surface area contributed by atoms with Crippen LogP contribution in [0.1, 0.15) is 35.7 Å². The molecule has 1 saturated heterocycles. The Morgan fingerprint density at radius 2 is 1.76 bits per heavy atom. The second kappa shape index (κ2) is 5.34. The molecule has 1 atom stereocenters. The Morgan fingerprint density at radius 3 is 2.38 bits per heavy atom. The summed E-state index contributed by atoms with van der Waals surface area (Å²) in [5.74, 6) is 2.07. The van der Waals surface area contributed by atoms with E-state index in [1.807, 2.05) is 12.1 Å². The Balaban J connectivity index is 1.97. The first kappa shape index (κ1) is 14.4. The summed E-state index contributed by atoms with van der Waals surface area (Å²) < 4.78 is 10.7. The molecule has 1 fully saturated rings. The third kappa shape index (κ3) is 2.22. The average Bonchev–Trinajstić information content (AvgIpc) is 2.79. The molecule has 1 aromatic carbocycles. The summed E-state index contributed by atoms with van der Waals surface area (Å²) in [7, 11) is 3.24. The van der Waals surface area contributed by atoms with Crippen LogP contribution in [0.4, 0.5) is 0 Å². The fraction of sp³-hybridized carbons (Fsp3) is 0.588. The Labute approximate surface area is 125 Å². The number of hydrogen-bond acceptors (Lipinski definition) is 4. The van der Waals surface area contributed by atoms with Gasteiger partial charge in [-0.3, -0.25) is 4.79 Å². The molecule has 3 rings (SSSR count). The molecule has 1 unspecified atom stereocenters. The zero-order valence-corrected chi connectivity index (χ0v) is 13.0. The number of methoxy groups -OCH3 is 2. The number of benzene rings is 1. The van der Waals surface area contributed by atoms with Crippen LogP contribution in [0.5, 0.6) is 11.5 Å². The number of rotatable bonds is 3. The maximum Gasteiger partial charge on any atom is 0.169 e. The van der Waals surface area contributed by atoms with Crippen molar-refractivity contribution in [3.63, 3.8) is 0 Å². The third-order valence-electron chi connectivity index (χ3n) is 5.17. The Morgan fingerprint density at radius 1 is 1.14 bits per heavy atom. The van der Waals surface area contributed by atoms with Gasteiger partial charge in [-0.1, -0.05) is 6.92 Å². The van der Waals surface area contributed by atoms with Crippen LogP contribution in [-0.2, 0) is 6.42 Å². The van der Waals surface area contributed by atoms with Gasteiger partial charge in [0, 0.05) is 11.0 Å². The van der Waals surface area contributed by atoms with E-state index < -0.39 is 0 Å². The highest BCUT2D eigenvalue weighted by atomic mass is 16.5. The third-order valence-corrected chi connectivity index (χ3v) is 5.17. The van der Waals surface area contributed by atoms with Crippen molar-refractivity contribution in [1.29, 1.82) is 0 Å². The number of carbonyl (C=O) groups excluding carboxylic acids is 1. The molecule has 21 heavy (non-hydrogen) atoms. The largest absolute Gasteiger partial charge is 0.493 e. The Bertz CT molecular complexity index is 563. The molecule has 0 radical (unpaired) electrons. The SMILES string of the molecule is COc1cc2c(cc1OC)C(=O)C(C)(C1CCNCC1)C2. The minimum atomic E-state index is -0.276. The average molecular weight is 289 g/mol. The van der Waals surface area contributed by atoms with Crippen LogP contribution < -0.4 is 14.8 Å². The number of Topliss-reactive ketones (excluding diaryl/α,β-unsaturated/α-hetero) is 1. The second-order valence-corrected chi connectivity index (χ2v) is 6.31. The molecule has 1 heterocycles. The molecule has 0 spiro atoms. The van der Waals surface area contributed by atoms with Gasteiger partial charge in [-0.05, 0) is 56.0 Å². The lowest BCUT2D eigenvalue weighted by atomic mass is 9.70. The number of fused-ring (bicyclic) bond motifs is 1. The highest BCUT2D eigenvalue weighted by molar-refractivity contribution is 6.05. The van der Waals surface area contributed by atoms with E-state index in [2.05, 4.69) is 12.2 Å². The summed E-state index contributed by atoms with van der Waals surface area (Å²) in [6, 6.07) is 3.82. The summed E-state index contributed by atoms with van der Waals surface area (Å²) in [5.41, 5.74) is 1.63. The minimum Gasteiger partial charge on any atom is -0.493 e. The first-order valence-corrected chi connectivity index (χ1v) is 7.60. The van der Waals surface area contributed by atoms with Gasteiger partial charge in [0.2, 0.25) is 0 Å². The number of nitrogens with one attached hydrogen (secondary N) is 1. The van der Waals surface area contributed by atoms with Crippen LogP contribution in [0.25, 0.3) is 0 Å². The fourth-order valence-corrected chi connectivity index (χ4v) is 3.85. The minimum absolute atomic E-state index is 0.269. The lowest BCUT2D eigenvalue weighted by molar-refractivity contribution is 0.0695. The fourth-order valence-electron chi connectivity index (χ4n) is 3.85. The molecule has 1 aromatic rings. The molecule has 0 saturated carbocycles. The van der Waals surface area contributed by atoms with E-state index in [-0.39, 0.29) is 11.2 Å². The van der Waals surface area contributed by atoms with Gasteiger partial charge in [0.1, 0.15) is 0 Å². The van der Waals surface area contributed by atoms with E-state index in [4.69, 9.17) is 9.47 Å². The quantitative estimate of drug-likeness (QED) is 0.928. The predicted octanol–water partition coefficient (Wildman–Crippen LogP) is 2.45. The zero-order valence-electron chi connectivity index (χ0n) is 13.0. The van der Waals surface area contributed by atoms with E-state index >= 15 is 0 Å². The van der Waals surface area contributed by atoms with Crippen molar-refractivity contribution in [2.24, 2.45) is 11.3 Å². The molecule has 1 aliphatic heterocycles. The molecule has 4 nitrogen and oxygen atoms in total. The topological polar surface area (TPSA) is 47.6 Å². The molecule has 2 aliphatic rings. The van der Waals surface area contributed by atoms with Crippen molar-refractivity contribution >= 4 is 5.78 Å². The van der Waals surface area contributed by atoms with Crippen LogP contribution in [-0.4, -0.2) is 33.1 Å². The monoisotopic (exact) mass is 289 g/mol. The molecule has 114 valence electrons. The summed E-state index contributed by atoms with van der Waals surface area (Å²) in [6.07, 6.45) is 2.96. The summed E-state index contributed by atoms with van der Waals surface area (Å²) in [4.78, 5) is 13.0. The lowest BCUT2D eigenvalue weighted by Crippen LogP contribution is -2.40. The number of ketones is 1. The lowest BCUT2D eigenvalue weighted by Gasteiger charge is -2.35. The summed E-state index contributed by atoms with van der Waals surface area (Å²) in [5, 5.41) is 3.38. The highest BCUT2D eigenvalue weighted by Gasteiger charge is 2.47. The van der Waals surface area contributed by atoms with Gasteiger partial charge in [-0.2, -0.15) is 0 Å². The number of ether oxygens (including phenoxy) is 2. The van der Waals surface area contributed by atoms with Crippen LogP contribution >= 0.6 is 0 Å². The van der Waals surface area contributed by atoms with Crippen molar-refractivity contribution < 1.29 is 14.3 Å². The van der Waals surface area contributed by atoms with Crippen molar-refractivity contribution in [1.82, 2.24) is 5.32 Å². The molecule has 1 N–H and O–H groups in total. The standard InChI is InChI=1S/C17H23NO3/c1-17(12-4-6-18-7-5-12)10-11-8-14(20-2)15(21-3)9-13(11)16(17)19/h8-9,12,18H,4-7,10H2,1-3H3. The predicted molar refractivity (Wildman–Crippen MR) is 81.3 cm³/mol. The van der Waals surface area contributed by atoms with Gasteiger partial charge < -0.3 is 14.8 Å². The first-order valence-electron chi connectivity index (χ1n) is 7.60. The van der Waals surface area contributed by atoms with E-state index in [0.29, 0.717) is 17.4 Å². The molecular weight excluding hydrogens is 266 g/mol. The molecule has 4 heteroatoms. The molecule has 1 aliphatic carbocycles. The van der Waals surface area contributed by atoms with E-state index in [1.54, 1.807) is 14.2 Å². The normalized spacial score (nSPS) is 25.8. The van der Waals surface area contributed by atoms with Gasteiger partial charge in [-0.25, -0.2) is 0 Å². The van der Waals surface area contributed by atoms with Crippen LogP contribution in [0.15, 0.2) is 12.1 Å². The smallest absolute Gasteiger partial charge is 0.169 e. The Kier molecular flexibility index (Phi) is 3.66. The molecule has 0 bridgehead atoms. The van der Waals surface area contributed by atoms with Gasteiger partial charge in [0.05, 0.1) is 14.2 Å². The van der Waals surface area contributed by atoms with E-state index in [0.717, 1.165) is 43.5 Å². The summed E-state index contributed by atoms with van der Waals surface area (Å²) in [6.45, 7) is 4.15. The van der Waals surface area contributed by atoms with Crippen LogP contribution in [0.3, 0.4) is 0 Å².